The van der Waals surface area contributed by atoms with Crippen LogP contribution >= 0.6 is 0 Å². The fraction of sp³-hybridized carbons (Fsp3) is 0.286. The Bertz CT molecular complexity index is 1120. The molecule has 1 aromatic carbocycles. The number of methoxy groups -OCH3 is 1. The van der Waals surface area contributed by atoms with Crippen LogP contribution in [-0.2, 0) is 18.4 Å². The fourth-order valence-corrected chi connectivity index (χ4v) is 3.24. The third-order valence-corrected chi connectivity index (χ3v) is 4.51. The van der Waals surface area contributed by atoms with Crippen LogP contribution in [0.4, 0.5) is 0 Å². The van der Waals surface area contributed by atoms with Crippen molar-refractivity contribution in [1.82, 2.24) is 14.5 Å². The van der Waals surface area contributed by atoms with E-state index in [0.717, 1.165) is 22.1 Å². The van der Waals surface area contributed by atoms with Crippen LogP contribution in [0.2, 0.25) is 0 Å². The van der Waals surface area contributed by atoms with Gasteiger partial charge in [0, 0.05) is 37.7 Å². The zero-order valence-electron chi connectivity index (χ0n) is 16.8. The van der Waals surface area contributed by atoms with Crippen LogP contribution in [0.25, 0.3) is 21.9 Å². The quantitative estimate of drug-likeness (QED) is 0.653. The summed E-state index contributed by atoms with van der Waals surface area (Å²) >= 11 is 0. The lowest BCUT2D eigenvalue weighted by Gasteiger charge is -2.20. The molecule has 1 N–H and O–H groups in total. The number of ether oxygens (including phenoxy) is 2. The Morgan fingerprint density at radius 3 is 2.62 bits per heavy atom. The molecule has 0 spiro atoms. The van der Waals surface area contributed by atoms with Crippen molar-refractivity contribution in [3.63, 3.8) is 0 Å². The number of hydrogen-bond acceptors (Lipinski definition) is 6. The molecule has 0 amide bonds. The highest BCUT2D eigenvalue weighted by Gasteiger charge is 2.18. The summed E-state index contributed by atoms with van der Waals surface area (Å²) in [7, 11) is 7.05. The Kier molecular flexibility index (Phi) is 5.84. The number of hydrogen-bond donors (Lipinski definition) is 1. The second-order valence-corrected chi connectivity index (χ2v) is 6.96. The van der Waals surface area contributed by atoms with Gasteiger partial charge in [-0.2, -0.15) is 0 Å². The van der Waals surface area contributed by atoms with Crippen molar-refractivity contribution in [2.45, 2.75) is 6.54 Å². The molecule has 0 unspecified atom stereocenters. The number of benzene rings is 1. The largest absolute Gasteiger partial charge is 0.496 e. The lowest BCUT2D eigenvalue weighted by atomic mass is 9.99. The minimum absolute atomic E-state index is 0.143. The summed E-state index contributed by atoms with van der Waals surface area (Å²) in [4.78, 5) is 29.5. The first-order valence-corrected chi connectivity index (χ1v) is 8.95. The van der Waals surface area contributed by atoms with Gasteiger partial charge in [0.05, 0.1) is 18.1 Å². The Morgan fingerprint density at radius 1 is 1.24 bits per heavy atom. The molecule has 0 radical (unpaired) electrons. The van der Waals surface area contributed by atoms with Crippen molar-refractivity contribution in [2.75, 3.05) is 27.8 Å². The first kappa shape index (κ1) is 20.3. The van der Waals surface area contributed by atoms with Crippen LogP contribution in [-0.4, -0.2) is 53.3 Å². The summed E-state index contributed by atoms with van der Waals surface area (Å²) in [6, 6.07) is 5.43. The fourth-order valence-electron chi connectivity index (χ4n) is 3.24. The maximum atomic E-state index is 12.5. The van der Waals surface area contributed by atoms with Crippen molar-refractivity contribution < 1.29 is 19.4 Å². The molecular weight excluding hydrogens is 374 g/mol. The van der Waals surface area contributed by atoms with Crippen molar-refractivity contribution in [2.24, 2.45) is 7.05 Å². The molecule has 3 aromatic rings. The average Bonchev–Trinajstić information content (AvgIpc) is 2.69. The van der Waals surface area contributed by atoms with E-state index >= 15 is 0 Å². The van der Waals surface area contributed by atoms with Crippen molar-refractivity contribution in [3.05, 3.63) is 52.7 Å². The number of pyridine rings is 2. The lowest BCUT2D eigenvalue weighted by molar-refractivity contribution is -0.139. The molecule has 0 aliphatic rings. The molecule has 152 valence electrons. The molecule has 8 heteroatoms. The van der Waals surface area contributed by atoms with Gasteiger partial charge >= 0.3 is 5.97 Å². The second kappa shape index (κ2) is 8.32. The summed E-state index contributed by atoms with van der Waals surface area (Å²) in [5.41, 5.74) is 2.14. The maximum Gasteiger partial charge on any atom is 0.341 e. The number of fused-ring (bicyclic) bond motifs is 1. The molecule has 29 heavy (non-hydrogen) atoms. The van der Waals surface area contributed by atoms with Gasteiger partial charge in [-0.25, -0.2) is 4.79 Å². The molecule has 0 atom stereocenters. The Morgan fingerprint density at radius 2 is 1.97 bits per heavy atom. The van der Waals surface area contributed by atoms with Gasteiger partial charge in [0.15, 0.2) is 6.61 Å². The highest BCUT2D eigenvalue weighted by Crippen LogP contribution is 2.37. The van der Waals surface area contributed by atoms with Crippen LogP contribution in [0.1, 0.15) is 5.56 Å². The summed E-state index contributed by atoms with van der Waals surface area (Å²) in [6.45, 7) is 0.0430. The Balaban J connectivity index is 2.26. The van der Waals surface area contributed by atoms with Crippen LogP contribution in [0.15, 0.2) is 41.6 Å². The number of aliphatic carboxylic acids is 1. The highest BCUT2D eigenvalue weighted by atomic mass is 16.5. The van der Waals surface area contributed by atoms with Crippen LogP contribution < -0.4 is 15.0 Å². The van der Waals surface area contributed by atoms with Gasteiger partial charge in [0.25, 0.3) is 5.56 Å². The standard InChI is InChI=1S/C21H23N3O5/c1-23(2)10-17-18(28-4)7-13(8-19(17)29-12-20(25)26)16-11-24(3)21(27)15-9-22-6-5-14(15)16/h5-9,11H,10,12H2,1-4H3,(H,25,26). The average molecular weight is 397 g/mol. The van der Waals surface area contributed by atoms with Gasteiger partial charge in [-0.3, -0.25) is 9.78 Å². The summed E-state index contributed by atoms with van der Waals surface area (Å²) in [5, 5.41) is 10.3. The van der Waals surface area contributed by atoms with E-state index in [1.165, 1.54) is 4.57 Å². The van der Waals surface area contributed by atoms with E-state index in [1.54, 1.807) is 44.9 Å². The number of aryl methyl sites for hydroxylation is 1. The van der Waals surface area contributed by atoms with E-state index in [4.69, 9.17) is 14.6 Å². The van der Waals surface area contributed by atoms with Crippen LogP contribution in [0.5, 0.6) is 11.5 Å². The van der Waals surface area contributed by atoms with Gasteiger partial charge in [-0.15, -0.1) is 0 Å². The lowest BCUT2D eigenvalue weighted by Crippen LogP contribution is -2.17. The molecule has 0 saturated carbocycles. The Labute approximate surface area is 167 Å². The molecule has 0 saturated heterocycles. The van der Waals surface area contributed by atoms with Gasteiger partial charge in [0.1, 0.15) is 11.5 Å². The second-order valence-electron chi connectivity index (χ2n) is 6.96. The van der Waals surface area contributed by atoms with E-state index in [-0.39, 0.29) is 5.56 Å². The first-order valence-electron chi connectivity index (χ1n) is 8.95. The molecule has 0 bridgehead atoms. The maximum absolute atomic E-state index is 12.5. The number of nitrogens with zero attached hydrogens (tertiary/aromatic N) is 3. The zero-order valence-corrected chi connectivity index (χ0v) is 16.8. The van der Waals surface area contributed by atoms with Gasteiger partial charge < -0.3 is 24.0 Å². The van der Waals surface area contributed by atoms with Crippen LogP contribution in [0.3, 0.4) is 0 Å². The first-order chi connectivity index (χ1) is 13.8. The van der Waals surface area contributed by atoms with Crippen molar-refractivity contribution in [1.29, 1.82) is 0 Å². The van der Waals surface area contributed by atoms with E-state index in [9.17, 15) is 9.59 Å². The van der Waals surface area contributed by atoms with Crippen molar-refractivity contribution in [3.8, 4) is 22.6 Å². The smallest absolute Gasteiger partial charge is 0.341 e. The molecule has 2 aromatic heterocycles. The minimum atomic E-state index is -1.07. The molecule has 8 nitrogen and oxygen atoms in total. The third-order valence-electron chi connectivity index (χ3n) is 4.51. The normalized spacial score (nSPS) is 11.1. The van der Waals surface area contributed by atoms with Gasteiger partial charge in [-0.05, 0) is 43.2 Å². The zero-order chi connectivity index (χ0) is 21.1. The monoisotopic (exact) mass is 397 g/mol. The van der Waals surface area contributed by atoms with Gasteiger partial charge in [-0.1, -0.05) is 0 Å². The molecule has 3 rings (SSSR count). The van der Waals surface area contributed by atoms with E-state index in [1.807, 2.05) is 25.1 Å². The summed E-state index contributed by atoms with van der Waals surface area (Å²) in [5.74, 6) is -0.0667. The molecule has 0 aliphatic heterocycles. The molecular formula is C21H23N3O5. The Hall–Kier alpha value is -3.39. The topological polar surface area (TPSA) is 93.9 Å². The van der Waals surface area contributed by atoms with E-state index < -0.39 is 12.6 Å². The van der Waals surface area contributed by atoms with Gasteiger partial charge in [0.2, 0.25) is 0 Å². The summed E-state index contributed by atoms with van der Waals surface area (Å²) in [6.07, 6.45) is 4.91. The third kappa shape index (κ3) is 4.22. The highest BCUT2D eigenvalue weighted by molar-refractivity contribution is 5.95. The number of rotatable bonds is 7. The number of carbonyl (C=O) groups is 1. The van der Waals surface area contributed by atoms with Crippen molar-refractivity contribution >= 4 is 16.7 Å². The van der Waals surface area contributed by atoms with E-state index in [0.29, 0.717) is 23.4 Å². The predicted octanol–water partition coefficient (Wildman–Crippen LogP) is 2.13. The molecule has 2 heterocycles. The number of aromatic nitrogens is 2. The predicted molar refractivity (Wildman–Crippen MR) is 109 cm³/mol. The number of carboxylic acids is 1. The molecule has 0 aliphatic carbocycles. The summed E-state index contributed by atoms with van der Waals surface area (Å²) < 4.78 is 12.7. The molecule has 0 fully saturated rings. The number of carboxylic acid groups (broad SMARTS) is 1. The SMILES string of the molecule is COc1cc(-c2cn(C)c(=O)c3cnccc23)cc(OCC(=O)O)c1CN(C)C. The minimum Gasteiger partial charge on any atom is -0.496 e. The van der Waals surface area contributed by atoms with E-state index in [2.05, 4.69) is 4.98 Å². The van der Waals surface area contributed by atoms with Crippen LogP contribution in [0, 0.1) is 0 Å².